The zero-order chi connectivity index (χ0) is 12.2. The molecule has 0 aliphatic carbocycles. The third-order valence-electron chi connectivity index (χ3n) is 2.17. The van der Waals surface area contributed by atoms with Crippen LogP contribution in [0.2, 0.25) is 5.02 Å². The van der Waals surface area contributed by atoms with Crippen molar-refractivity contribution in [2.45, 2.75) is 19.8 Å². The summed E-state index contributed by atoms with van der Waals surface area (Å²) >= 11 is 7.09. The fourth-order valence-corrected chi connectivity index (χ4v) is 3.21. The van der Waals surface area contributed by atoms with Gasteiger partial charge in [0.15, 0.2) is 5.78 Å². The average Bonchev–Trinajstić information content (AvgIpc) is 2.64. The lowest BCUT2D eigenvalue weighted by Crippen LogP contribution is -2.10. The molecule has 0 spiro atoms. The second kappa shape index (κ2) is 5.80. The summed E-state index contributed by atoms with van der Waals surface area (Å²) in [6.45, 7) is 1.60. The van der Waals surface area contributed by atoms with Crippen LogP contribution in [0, 0.1) is 0 Å². The van der Waals surface area contributed by atoms with E-state index in [2.05, 4.69) is 0 Å². The monoisotopic (exact) mass is 280 g/mol. The quantitative estimate of drug-likeness (QED) is 0.753. The summed E-state index contributed by atoms with van der Waals surface area (Å²) in [4.78, 5) is 12.2. The number of ketones is 1. The summed E-state index contributed by atoms with van der Waals surface area (Å²) in [5.41, 5.74) is 0. The number of thiophene rings is 1. The van der Waals surface area contributed by atoms with Gasteiger partial charge in [0.25, 0.3) is 0 Å². The number of rotatable bonds is 6. The Balaban J connectivity index is 2.46. The van der Waals surface area contributed by atoms with Crippen molar-refractivity contribution >= 4 is 38.6 Å². The van der Waals surface area contributed by atoms with Crippen LogP contribution >= 0.6 is 22.9 Å². The normalized spacial score (nSPS) is 11.6. The van der Waals surface area contributed by atoms with E-state index in [4.69, 9.17) is 11.6 Å². The molecule has 0 N–H and O–H groups in total. The van der Waals surface area contributed by atoms with E-state index in [-0.39, 0.29) is 23.7 Å². The van der Waals surface area contributed by atoms with E-state index in [0.29, 0.717) is 16.3 Å². The minimum atomic E-state index is -2.98. The largest absolute Gasteiger partial charge is 0.293 e. The molecular weight excluding hydrogens is 268 g/mol. The number of carbonyl (C=O) groups is 1. The molecule has 1 aromatic heterocycles. The van der Waals surface area contributed by atoms with Crippen LogP contribution in [0.5, 0.6) is 0 Å². The van der Waals surface area contributed by atoms with E-state index in [1.165, 1.54) is 11.3 Å². The van der Waals surface area contributed by atoms with Gasteiger partial charge in [-0.1, -0.05) is 18.5 Å². The number of halogens is 1. The van der Waals surface area contributed by atoms with Crippen molar-refractivity contribution in [1.82, 2.24) is 0 Å². The highest BCUT2D eigenvalue weighted by Crippen LogP contribution is 2.23. The van der Waals surface area contributed by atoms with Crippen LogP contribution in [-0.2, 0) is 9.84 Å². The SMILES string of the molecule is CCS(=O)(=O)CCCC(=O)c1sccc1Cl. The van der Waals surface area contributed by atoms with E-state index in [1.54, 1.807) is 18.4 Å². The molecule has 0 bridgehead atoms. The van der Waals surface area contributed by atoms with Crippen LogP contribution in [0.4, 0.5) is 0 Å². The van der Waals surface area contributed by atoms with Gasteiger partial charge in [0.05, 0.1) is 15.7 Å². The lowest BCUT2D eigenvalue weighted by molar-refractivity contribution is 0.0986. The van der Waals surface area contributed by atoms with Gasteiger partial charge in [-0.15, -0.1) is 11.3 Å². The third kappa shape index (κ3) is 3.88. The summed E-state index contributed by atoms with van der Waals surface area (Å²) in [6, 6.07) is 1.67. The predicted molar refractivity (Wildman–Crippen MR) is 67.2 cm³/mol. The van der Waals surface area contributed by atoms with Crippen molar-refractivity contribution < 1.29 is 13.2 Å². The molecule has 1 heterocycles. The summed E-state index contributed by atoms with van der Waals surface area (Å²) in [7, 11) is -2.98. The van der Waals surface area contributed by atoms with Gasteiger partial charge < -0.3 is 0 Å². The Hall–Kier alpha value is -0.390. The van der Waals surface area contributed by atoms with Gasteiger partial charge in [-0.05, 0) is 17.9 Å². The lowest BCUT2D eigenvalue weighted by atomic mass is 10.2. The lowest BCUT2D eigenvalue weighted by Gasteiger charge is -2.00. The first-order chi connectivity index (χ1) is 7.46. The van der Waals surface area contributed by atoms with Crippen LogP contribution in [0.1, 0.15) is 29.4 Å². The van der Waals surface area contributed by atoms with Crippen molar-refractivity contribution in [2.24, 2.45) is 0 Å². The van der Waals surface area contributed by atoms with Crippen LogP contribution in [0.3, 0.4) is 0 Å². The van der Waals surface area contributed by atoms with Gasteiger partial charge in [0.1, 0.15) is 9.84 Å². The van der Waals surface area contributed by atoms with Crippen LogP contribution in [0.25, 0.3) is 0 Å². The van der Waals surface area contributed by atoms with Crippen LogP contribution < -0.4 is 0 Å². The van der Waals surface area contributed by atoms with Gasteiger partial charge >= 0.3 is 0 Å². The Morgan fingerprint density at radius 1 is 1.50 bits per heavy atom. The Labute approximate surface area is 104 Å². The van der Waals surface area contributed by atoms with Crippen molar-refractivity contribution in [1.29, 1.82) is 0 Å². The van der Waals surface area contributed by atoms with E-state index >= 15 is 0 Å². The summed E-state index contributed by atoms with van der Waals surface area (Å²) in [5, 5.41) is 2.20. The van der Waals surface area contributed by atoms with Crippen LogP contribution in [0.15, 0.2) is 11.4 Å². The average molecular weight is 281 g/mol. The molecule has 0 aliphatic heterocycles. The maximum Gasteiger partial charge on any atom is 0.174 e. The summed E-state index contributed by atoms with van der Waals surface area (Å²) < 4.78 is 22.4. The molecule has 3 nitrogen and oxygen atoms in total. The fraction of sp³-hybridized carbons (Fsp3) is 0.500. The molecule has 0 radical (unpaired) electrons. The second-order valence-corrected chi connectivity index (χ2v) is 7.16. The highest BCUT2D eigenvalue weighted by molar-refractivity contribution is 7.91. The van der Waals surface area contributed by atoms with Crippen LogP contribution in [-0.4, -0.2) is 25.7 Å². The minimum Gasteiger partial charge on any atom is -0.293 e. The van der Waals surface area contributed by atoms with Crippen molar-refractivity contribution in [3.63, 3.8) is 0 Å². The van der Waals surface area contributed by atoms with Crippen molar-refractivity contribution in [3.05, 3.63) is 21.3 Å². The molecule has 0 atom stereocenters. The van der Waals surface area contributed by atoms with E-state index in [0.717, 1.165) is 0 Å². The minimum absolute atomic E-state index is 0.0677. The molecule has 0 aromatic carbocycles. The molecule has 1 rings (SSSR count). The Morgan fingerprint density at radius 2 is 2.19 bits per heavy atom. The molecule has 0 amide bonds. The number of hydrogen-bond donors (Lipinski definition) is 0. The first-order valence-electron chi connectivity index (χ1n) is 4.93. The van der Waals surface area contributed by atoms with Gasteiger partial charge in [-0.3, -0.25) is 4.79 Å². The summed E-state index contributed by atoms with van der Waals surface area (Å²) in [5.74, 6) is 0.116. The Bertz CT molecular complexity index is 462. The second-order valence-electron chi connectivity index (χ2n) is 3.36. The maximum atomic E-state index is 11.6. The van der Waals surface area contributed by atoms with Gasteiger partial charge in [-0.2, -0.15) is 0 Å². The number of hydrogen-bond acceptors (Lipinski definition) is 4. The molecule has 0 unspecified atom stereocenters. The maximum absolute atomic E-state index is 11.6. The zero-order valence-corrected chi connectivity index (χ0v) is 11.3. The Morgan fingerprint density at radius 3 is 2.69 bits per heavy atom. The standard InChI is InChI=1S/C10H13ClO3S2/c1-2-16(13,14)7-3-4-9(12)10-8(11)5-6-15-10/h5-6H,2-4,7H2,1H3. The molecule has 16 heavy (non-hydrogen) atoms. The van der Waals surface area contributed by atoms with Crippen molar-refractivity contribution in [3.8, 4) is 0 Å². The number of sulfone groups is 1. The first-order valence-corrected chi connectivity index (χ1v) is 8.01. The molecular formula is C10H13ClO3S2. The first kappa shape index (κ1) is 13.7. The summed E-state index contributed by atoms with van der Waals surface area (Å²) in [6.07, 6.45) is 0.600. The third-order valence-corrected chi connectivity index (χ3v) is 5.34. The molecule has 1 aromatic rings. The molecule has 6 heteroatoms. The molecule has 90 valence electrons. The number of Topliss-reactive ketones (excluding diaryl/α,β-unsaturated/α-hetero) is 1. The predicted octanol–water partition coefficient (Wildman–Crippen LogP) is 2.80. The van der Waals surface area contributed by atoms with Gasteiger partial charge in [0, 0.05) is 12.2 Å². The number of carbonyl (C=O) groups excluding carboxylic acids is 1. The van der Waals surface area contributed by atoms with E-state index < -0.39 is 9.84 Å². The highest BCUT2D eigenvalue weighted by atomic mass is 35.5. The topological polar surface area (TPSA) is 51.2 Å². The van der Waals surface area contributed by atoms with Gasteiger partial charge in [-0.25, -0.2) is 8.42 Å². The van der Waals surface area contributed by atoms with Gasteiger partial charge in [0.2, 0.25) is 0 Å². The smallest absolute Gasteiger partial charge is 0.174 e. The van der Waals surface area contributed by atoms with E-state index in [9.17, 15) is 13.2 Å². The molecule has 0 fully saturated rings. The molecule has 0 aliphatic rings. The fourth-order valence-electron chi connectivity index (χ4n) is 1.20. The molecule has 0 saturated carbocycles. The van der Waals surface area contributed by atoms with Crippen molar-refractivity contribution in [2.75, 3.05) is 11.5 Å². The molecule has 0 saturated heterocycles. The Kier molecular flexibility index (Phi) is 4.95. The zero-order valence-electron chi connectivity index (χ0n) is 8.90. The highest BCUT2D eigenvalue weighted by Gasteiger charge is 2.13. The van der Waals surface area contributed by atoms with E-state index in [1.807, 2.05) is 0 Å².